The van der Waals surface area contributed by atoms with E-state index in [1.807, 2.05) is 44.2 Å². The van der Waals surface area contributed by atoms with E-state index < -0.39 is 0 Å². The third-order valence-corrected chi connectivity index (χ3v) is 7.19. The van der Waals surface area contributed by atoms with E-state index in [4.69, 9.17) is 23.2 Å². The van der Waals surface area contributed by atoms with Gasteiger partial charge in [0.2, 0.25) is 5.91 Å². The average molecular weight is 543 g/mol. The van der Waals surface area contributed by atoms with Gasteiger partial charge in [-0.15, -0.1) is 0 Å². The molecule has 1 aromatic heterocycles. The predicted octanol–water partition coefficient (Wildman–Crippen LogP) is 7.78. The Kier molecular flexibility index (Phi) is 8.50. The summed E-state index contributed by atoms with van der Waals surface area (Å²) < 4.78 is 2.07. The molecule has 0 aliphatic heterocycles. The summed E-state index contributed by atoms with van der Waals surface area (Å²) in [5.74, 6) is 0.175. The van der Waals surface area contributed by atoms with Gasteiger partial charge in [0.25, 0.3) is 0 Å². The molecule has 3 rings (SSSR count). The summed E-state index contributed by atoms with van der Waals surface area (Å²) in [5, 5.41) is 16.1. The molecule has 3 aromatic rings. The lowest BCUT2D eigenvalue weighted by Crippen LogP contribution is -2.20. The second-order valence-electron chi connectivity index (χ2n) is 11.6. The molecule has 0 bridgehead atoms. The SMILES string of the molecule is Cc1cc(/C=N\NC(=O)CCc2cc(C(C)(C)C)c(O)c(C(C)(C)C)c2)c(C)n1-c1ccc(Cl)c(Cl)c1. The van der Waals surface area contributed by atoms with Crippen molar-refractivity contribution >= 4 is 35.3 Å². The average Bonchev–Trinajstić information content (AvgIpc) is 3.06. The number of nitrogens with zero attached hydrogens (tertiary/aromatic N) is 2. The smallest absolute Gasteiger partial charge is 0.240 e. The number of phenols is 1. The first-order valence-corrected chi connectivity index (χ1v) is 13.2. The summed E-state index contributed by atoms with van der Waals surface area (Å²) in [5.41, 5.74) is 8.83. The second-order valence-corrected chi connectivity index (χ2v) is 12.4. The van der Waals surface area contributed by atoms with E-state index in [-0.39, 0.29) is 23.2 Å². The molecule has 5 nitrogen and oxygen atoms in total. The summed E-state index contributed by atoms with van der Waals surface area (Å²) in [6.45, 7) is 16.5. The molecule has 0 atom stereocenters. The molecule has 0 saturated carbocycles. The molecular formula is C30H37Cl2N3O2. The third-order valence-electron chi connectivity index (χ3n) is 6.45. The highest BCUT2D eigenvalue weighted by Crippen LogP contribution is 2.40. The van der Waals surface area contributed by atoms with Gasteiger partial charge in [-0.2, -0.15) is 5.10 Å². The molecule has 7 heteroatoms. The Hall–Kier alpha value is -2.76. The highest BCUT2D eigenvalue weighted by molar-refractivity contribution is 6.42. The highest BCUT2D eigenvalue weighted by Gasteiger charge is 2.26. The molecule has 2 aromatic carbocycles. The Morgan fingerprint density at radius 3 is 2.11 bits per heavy atom. The molecule has 0 saturated heterocycles. The van der Waals surface area contributed by atoms with Gasteiger partial charge < -0.3 is 9.67 Å². The molecule has 1 amide bonds. The minimum Gasteiger partial charge on any atom is -0.507 e. The van der Waals surface area contributed by atoms with E-state index >= 15 is 0 Å². The minimum absolute atomic E-state index is 0.169. The lowest BCUT2D eigenvalue weighted by atomic mass is 9.78. The van der Waals surface area contributed by atoms with Crippen LogP contribution in [-0.2, 0) is 22.0 Å². The zero-order valence-corrected chi connectivity index (χ0v) is 24.5. The van der Waals surface area contributed by atoms with Crippen molar-refractivity contribution in [2.45, 2.75) is 79.1 Å². The number of aromatic hydroxyl groups is 1. The van der Waals surface area contributed by atoms with Crippen LogP contribution in [0, 0.1) is 13.8 Å². The molecular weight excluding hydrogens is 505 g/mol. The van der Waals surface area contributed by atoms with E-state index in [2.05, 4.69) is 56.6 Å². The summed E-state index contributed by atoms with van der Waals surface area (Å²) in [6, 6.07) is 11.5. The monoisotopic (exact) mass is 541 g/mol. The van der Waals surface area contributed by atoms with Crippen molar-refractivity contribution in [3.63, 3.8) is 0 Å². The molecule has 0 radical (unpaired) electrons. The summed E-state index contributed by atoms with van der Waals surface area (Å²) >= 11 is 12.3. The van der Waals surface area contributed by atoms with Crippen LogP contribution in [0.5, 0.6) is 5.75 Å². The molecule has 0 aliphatic rings. The maximum Gasteiger partial charge on any atom is 0.240 e. The van der Waals surface area contributed by atoms with Crippen LogP contribution in [0.3, 0.4) is 0 Å². The van der Waals surface area contributed by atoms with Crippen LogP contribution in [0.2, 0.25) is 10.0 Å². The fourth-order valence-electron chi connectivity index (χ4n) is 4.41. The Bertz CT molecular complexity index is 1310. The van der Waals surface area contributed by atoms with Crippen molar-refractivity contribution in [2.24, 2.45) is 5.10 Å². The highest BCUT2D eigenvalue weighted by atomic mass is 35.5. The Morgan fingerprint density at radius 2 is 1.57 bits per heavy atom. The number of amides is 1. The second kappa shape index (κ2) is 10.9. The number of rotatable bonds is 6. The molecule has 198 valence electrons. The molecule has 0 fully saturated rings. The first-order valence-electron chi connectivity index (χ1n) is 12.4. The first kappa shape index (κ1) is 28.8. The van der Waals surface area contributed by atoms with E-state index in [1.165, 1.54) is 0 Å². The van der Waals surface area contributed by atoms with Gasteiger partial charge in [-0.1, -0.05) is 76.9 Å². The first-order chi connectivity index (χ1) is 17.1. The fourth-order valence-corrected chi connectivity index (χ4v) is 4.70. The van der Waals surface area contributed by atoms with Crippen LogP contribution < -0.4 is 5.43 Å². The number of hydrogen-bond donors (Lipinski definition) is 2. The van der Waals surface area contributed by atoms with Crippen LogP contribution in [0.4, 0.5) is 0 Å². The van der Waals surface area contributed by atoms with Gasteiger partial charge in [0, 0.05) is 29.1 Å². The standard InChI is InChI=1S/C30H37Cl2N3O2/c1-18-13-21(19(2)35(18)22-10-11-25(31)26(32)16-22)17-33-34-27(36)12-9-20-14-23(29(3,4)5)28(37)24(15-20)30(6,7)8/h10-11,13-17,37H,9,12H2,1-8H3,(H,34,36)/b33-17-. The largest absolute Gasteiger partial charge is 0.507 e. The number of carbonyl (C=O) groups excluding carboxylic acids is 1. The molecule has 1 heterocycles. The van der Waals surface area contributed by atoms with Crippen molar-refractivity contribution < 1.29 is 9.90 Å². The zero-order chi connectivity index (χ0) is 27.7. The van der Waals surface area contributed by atoms with Gasteiger partial charge in [-0.25, -0.2) is 5.43 Å². The van der Waals surface area contributed by atoms with Crippen LogP contribution >= 0.6 is 23.2 Å². The van der Waals surface area contributed by atoms with Crippen LogP contribution in [0.25, 0.3) is 5.69 Å². The number of hydrazone groups is 1. The van der Waals surface area contributed by atoms with Gasteiger partial charge >= 0.3 is 0 Å². The number of benzene rings is 2. The van der Waals surface area contributed by atoms with E-state index in [1.54, 1.807) is 12.3 Å². The van der Waals surface area contributed by atoms with Gasteiger partial charge in [-0.3, -0.25) is 4.79 Å². The number of carbonyl (C=O) groups is 1. The van der Waals surface area contributed by atoms with Gasteiger partial charge in [0.1, 0.15) is 5.75 Å². The normalized spacial score (nSPS) is 12.4. The maximum absolute atomic E-state index is 12.6. The summed E-state index contributed by atoms with van der Waals surface area (Å²) in [4.78, 5) is 12.6. The molecule has 0 aliphatic carbocycles. The van der Waals surface area contributed by atoms with Crippen molar-refractivity contribution in [2.75, 3.05) is 0 Å². The Balaban J connectivity index is 1.71. The Labute approximate surface area is 230 Å². The lowest BCUT2D eigenvalue weighted by molar-refractivity contribution is -0.121. The predicted molar refractivity (Wildman–Crippen MR) is 155 cm³/mol. The van der Waals surface area contributed by atoms with Gasteiger partial charge in [0.15, 0.2) is 0 Å². The van der Waals surface area contributed by atoms with Crippen LogP contribution in [0.1, 0.15) is 81.6 Å². The molecule has 0 spiro atoms. The molecule has 0 unspecified atom stereocenters. The topological polar surface area (TPSA) is 66.6 Å². The summed E-state index contributed by atoms with van der Waals surface area (Å²) in [7, 11) is 0. The number of hydrogen-bond acceptors (Lipinski definition) is 3. The van der Waals surface area contributed by atoms with Crippen molar-refractivity contribution in [1.82, 2.24) is 9.99 Å². The number of halogens is 2. The van der Waals surface area contributed by atoms with E-state index in [0.717, 1.165) is 39.3 Å². The van der Waals surface area contributed by atoms with Crippen LogP contribution in [0.15, 0.2) is 41.5 Å². The van der Waals surface area contributed by atoms with Crippen molar-refractivity contribution in [3.8, 4) is 11.4 Å². The van der Waals surface area contributed by atoms with Crippen molar-refractivity contribution in [3.05, 3.63) is 80.1 Å². The number of aromatic nitrogens is 1. The van der Waals surface area contributed by atoms with Gasteiger partial charge in [-0.05, 0) is 72.1 Å². The quantitative estimate of drug-likeness (QED) is 0.247. The van der Waals surface area contributed by atoms with Crippen molar-refractivity contribution in [1.29, 1.82) is 0 Å². The minimum atomic E-state index is -0.212. The number of nitrogens with one attached hydrogen (secondary N) is 1. The van der Waals surface area contributed by atoms with E-state index in [9.17, 15) is 9.90 Å². The molecule has 2 N–H and O–H groups in total. The van der Waals surface area contributed by atoms with Crippen LogP contribution in [-0.4, -0.2) is 21.8 Å². The molecule has 37 heavy (non-hydrogen) atoms. The third kappa shape index (κ3) is 6.77. The maximum atomic E-state index is 12.6. The van der Waals surface area contributed by atoms with Gasteiger partial charge in [0.05, 0.1) is 16.3 Å². The number of aryl methyl sites for hydroxylation is 2. The lowest BCUT2D eigenvalue weighted by Gasteiger charge is -2.28. The number of phenolic OH excluding ortho intramolecular Hbond substituents is 1. The van der Waals surface area contributed by atoms with E-state index in [0.29, 0.717) is 22.2 Å². The Morgan fingerprint density at radius 1 is 0.973 bits per heavy atom. The fraction of sp³-hybridized carbons (Fsp3) is 0.400. The zero-order valence-electron chi connectivity index (χ0n) is 23.0. The summed E-state index contributed by atoms with van der Waals surface area (Å²) in [6.07, 6.45) is 2.50.